The first kappa shape index (κ1) is 14.0. The van der Waals surface area contributed by atoms with Crippen LogP contribution in [0.3, 0.4) is 0 Å². The smallest absolute Gasteiger partial charge is 0.212 e. The molecule has 0 amide bonds. The van der Waals surface area contributed by atoms with Crippen molar-refractivity contribution >= 4 is 21.7 Å². The summed E-state index contributed by atoms with van der Waals surface area (Å²) in [4.78, 5) is 12.5. The van der Waals surface area contributed by atoms with Gasteiger partial charge >= 0.3 is 0 Å². The first-order valence-corrected chi connectivity index (χ1v) is 6.74. The molecule has 0 N–H and O–H groups in total. The summed E-state index contributed by atoms with van der Waals surface area (Å²) in [7, 11) is 1.63. The van der Waals surface area contributed by atoms with Gasteiger partial charge in [-0.15, -0.1) is 0 Å². The van der Waals surface area contributed by atoms with Gasteiger partial charge in [-0.1, -0.05) is 22.0 Å². The quantitative estimate of drug-likeness (QED) is 0.795. The van der Waals surface area contributed by atoms with E-state index in [0.29, 0.717) is 24.4 Å². The van der Waals surface area contributed by atoms with E-state index in [1.165, 1.54) is 0 Å². The van der Waals surface area contributed by atoms with Crippen LogP contribution in [-0.2, 0) is 11.3 Å². The van der Waals surface area contributed by atoms with Crippen molar-refractivity contribution < 1.29 is 9.53 Å². The average molecular weight is 323 g/mol. The molecule has 0 aliphatic carbocycles. The van der Waals surface area contributed by atoms with Crippen molar-refractivity contribution in [3.8, 4) is 0 Å². The Hall–Kier alpha value is -1.46. The molecule has 2 aromatic rings. The van der Waals surface area contributed by atoms with Crippen LogP contribution in [0.25, 0.3) is 0 Å². The van der Waals surface area contributed by atoms with Crippen LogP contribution in [0.15, 0.2) is 34.9 Å². The molecular weight excluding hydrogens is 308 g/mol. The van der Waals surface area contributed by atoms with Crippen LogP contribution in [0, 0.1) is 6.92 Å². The first-order chi connectivity index (χ1) is 9.13. The normalized spacial score (nSPS) is 10.7. The standard InChI is InChI=1S/C14H15BrN2O2/c1-10-3-4-11(12(15)9-10)14(18)13-5-6-16-17(13)7-8-19-2/h3-6,9H,7-8H2,1-2H3. The van der Waals surface area contributed by atoms with E-state index in [4.69, 9.17) is 4.74 Å². The molecule has 0 saturated carbocycles. The van der Waals surface area contributed by atoms with Crippen LogP contribution in [0.5, 0.6) is 0 Å². The molecule has 0 aliphatic rings. The monoisotopic (exact) mass is 322 g/mol. The predicted octanol–water partition coefficient (Wildman–Crippen LogP) is 2.83. The van der Waals surface area contributed by atoms with Crippen molar-refractivity contribution in [3.05, 3.63) is 51.8 Å². The van der Waals surface area contributed by atoms with Gasteiger partial charge in [0.05, 0.1) is 13.2 Å². The van der Waals surface area contributed by atoms with E-state index in [0.717, 1.165) is 10.0 Å². The average Bonchev–Trinajstić information content (AvgIpc) is 2.83. The lowest BCUT2D eigenvalue weighted by Crippen LogP contribution is -2.14. The van der Waals surface area contributed by atoms with Crippen molar-refractivity contribution in [2.24, 2.45) is 0 Å². The number of carbonyl (C=O) groups is 1. The molecule has 1 aromatic carbocycles. The number of hydrogen-bond donors (Lipinski definition) is 0. The molecule has 0 aliphatic heterocycles. The number of carbonyl (C=O) groups excluding carboxylic acids is 1. The fraction of sp³-hybridized carbons (Fsp3) is 0.286. The van der Waals surface area contributed by atoms with Gasteiger partial charge in [-0.25, -0.2) is 0 Å². The lowest BCUT2D eigenvalue weighted by atomic mass is 10.1. The fourth-order valence-corrected chi connectivity index (χ4v) is 2.50. The second kappa shape index (κ2) is 6.12. The molecule has 0 atom stereocenters. The van der Waals surface area contributed by atoms with Crippen molar-refractivity contribution in [1.29, 1.82) is 0 Å². The molecule has 0 spiro atoms. The minimum Gasteiger partial charge on any atom is -0.383 e. The number of hydrogen-bond acceptors (Lipinski definition) is 3. The molecule has 0 radical (unpaired) electrons. The molecule has 0 unspecified atom stereocenters. The first-order valence-electron chi connectivity index (χ1n) is 5.95. The molecule has 1 aromatic heterocycles. The van der Waals surface area contributed by atoms with Crippen LogP contribution in [-0.4, -0.2) is 29.3 Å². The number of benzene rings is 1. The van der Waals surface area contributed by atoms with Crippen LogP contribution in [0.4, 0.5) is 0 Å². The lowest BCUT2D eigenvalue weighted by Gasteiger charge is -2.08. The number of nitrogens with zero attached hydrogens (tertiary/aromatic N) is 2. The van der Waals surface area contributed by atoms with Crippen LogP contribution in [0.2, 0.25) is 0 Å². The Morgan fingerprint density at radius 1 is 1.42 bits per heavy atom. The zero-order valence-electron chi connectivity index (χ0n) is 10.9. The van der Waals surface area contributed by atoms with E-state index in [1.54, 1.807) is 24.1 Å². The van der Waals surface area contributed by atoms with E-state index >= 15 is 0 Å². The highest BCUT2D eigenvalue weighted by Gasteiger charge is 2.16. The SMILES string of the molecule is COCCn1nccc1C(=O)c1ccc(C)cc1Br. The van der Waals surface area contributed by atoms with Gasteiger partial charge in [-0.05, 0) is 30.7 Å². The molecule has 1 heterocycles. The molecule has 19 heavy (non-hydrogen) atoms. The fourth-order valence-electron chi connectivity index (χ4n) is 1.82. The molecule has 100 valence electrons. The summed E-state index contributed by atoms with van der Waals surface area (Å²) >= 11 is 3.44. The van der Waals surface area contributed by atoms with Gasteiger partial charge < -0.3 is 4.74 Å². The van der Waals surface area contributed by atoms with E-state index in [-0.39, 0.29) is 5.78 Å². The van der Waals surface area contributed by atoms with Crippen LogP contribution >= 0.6 is 15.9 Å². The minimum absolute atomic E-state index is 0.0412. The molecular formula is C14H15BrN2O2. The van der Waals surface area contributed by atoms with Gasteiger partial charge in [0.1, 0.15) is 5.69 Å². The molecule has 5 heteroatoms. The summed E-state index contributed by atoms with van der Waals surface area (Å²) in [5.41, 5.74) is 2.32. The second-order valence-corrected chi connectivity index (χ2v) is 5.10. The number of aromatic nitrogens is 2. The van der Waals surface area contributed by atoms with Gasteiger partial charge in [0, 0.05) is 23.3 Å². The lowest BCUT2D eigenvalue weighted by molar-refractivity contribution is 0.102. The second-order valence-electron chi connectivity index (χ2n) is 4.24. The van der Waals surface area contributed by atoms with Crippen LogP contribution in [0.1, 0.15) is 21.6 Å². The Kier molecular flexibility index (Phi) is 4.50. The number of ketones is 1. The summed E-state index contributed by atoms with van der Waals surface area (Å²) in [6.45, 7) is 3.08. The van der Waals surface area contributed by atoms with E-state index in [2.05, 4.69) is 21.0 Å². The number of ether oxygens (including phenoxy) is 1. The van der Waals surface area contributed by atoms with Gasteiger partial charge in [0.2, 0.25) is 5.78 Å². The summed E-state index contributed by atoms with van der Waals surface area (Å²) in [6, 6.07) is 7.41. The van der Waals surface area contributed by atoms with Crippen molar-refractivity contribution in [2.45, 2.75) is 13.5 Å². The van der Waals surface area contributed by atoms with Gasteiger partial charge in [-0.2, -0.15) is 5.10 Å². The Bertz CT molecular complexity index is 593. The van der Waals surface area contributed by atoms with Crippen molar-refractivity contribution in [3.63, 3.8) is 0 Å². The summed E-state index contributed by atoms with van der Waals surface area (Å²) in [5.74, 6) is -0.0412. The Labute approximate surface area is 120 Å². The maximum atomic E-state index is 12.5. The maximum absolute atomic E-state index is 12.5. The van der Waals surface area contributed by atoms with Gasteiger partial charge in [0.25, 0.3) is 0 Å². The van der Waals surface area contributed by atoms with Crippen molar-refractivity contribution in [2.75, 3.05) is 13.7 Å². The summed E-state index contributed by atoms with van der Waals surface area (Å²) in [5, 5.41) is 4.15. The predicted molar refractivity (Wildman–Crippen MR) is 76.4 cm³/mol. The summed E-state index contributed by atoms with van der Waals surface area (Å²) in [6.07, 6.45) is 1.63. The Morgan fingerprint density at radius 2 is 2.21 bits per heavy atom. The van der Waals surface area contributed by atoms with E-state index < -0.39 is 0 Å². The number of halogens is 1. The zero-order valence-corrected chi connectivity index (χ0v) is 12.5. The molecule has 4 nitrogen and oxygen atoms in total. The Morgan fingerprint density at radius 3 is 2.89 bits per heavy atom. The molecule has 0 fully saturated rings. The third-order valence-electron chi connectivity index (χ3n) is 2.83. The number of rotatable bonds is 5. The van der Waals surface area contributed by atoms with E-state index in [9.17, 15) is 4.79 Å². The van der Waals surface area contributed by atoms with Gasteiger partial charge in [-0.3, -0.25) is 9.48 Å². The highest BCUT2D eigenvalue weighted by atomic mass is 79.9. The Balaban J connectivity index is 2.31. The number of methoxy groups -OCH3 is 1. The summed E-state index contributed by atoms with van der Waals surface area (Å²) < 4.78 is 7.48. The topological polar surface area (TPSA) is 44.1 Å². The van der Waals surface area contributed by atoms with Gasteiger partial charge in [0.15, 0.2) is 0 Å². The molecule has 2 rings (SSSR count). The maximum Gasteiger partial charge on any atom is 0.212 e. The highest BCUT2D eigenvalue weighted by molar-refractivity contribution is 9.10. The van der Waals surface area contributed by atoms with Crippen LogP contribution < -0.4 is 0 Å². The minimum atomic E-state index is -0.0412. The zero-order chi connectivity index (χ0) is 13.8. The third-order valence-corrected chi connectivity index (χ3v) is 3.48. The third kappa shape index (κ3) is 3.11. The molecule has 0 saturated heterocycles. The van der Waals surface area contributed by atoms with E-state index in [1.807, 2.05) is 25.1 Å². The molecule has 0 bridgehead atoms. The largest absolute Gasteiger partial charge is 0.383 e. The highest BCUT2D eigenvalue weighted by Crippen LogP contribution is 2.21. The number of aryl methyl sites for hydroxylation is 1. The van der Waals surface area contributed by atoms with Crippen molar-refractivity contribution in [1.82, 2.24) is 9.78 Å².